The summed E-state index contributed by atoms with van der Waals surface area (Å²) in [6.45, 7) is 5.25. The molecule has 5 heteroatoms. The first-order valence-corrected chi connectivity index (χ1v) is 6.29. The third-order valence-corrected chi connectivity index (χ3v) is 3.43. The predicted octanol–water partition coefficient (Wildman–Crippen LogP) is 1.95. The Morgan fingerprint density at radius 3 is 2.20 bits per heavy atom. The Balaban J connectivity index is 2.42. The minimum Gasteiger partial charge on any atom is -0.480 e. The van der Waals surface area contributed by atoms with Crippen LogP contribution in [-0.2, 0) is 4.79 Å². The van der Waals surface area contributed by atoms with Crippen LogP contribution in [0.3, 0.4) is 0 Å². The van der Waals surface area contributed by atoms with Crippen molar-refractivity contribution in [2.24, 2.45) is 5.92 Å². The number of rotatable bonds is 5. The number of nitrogens with zero attached hydrogens (tertiary/aromatic N) is 1. The molecule has 1 aromatic carbocycles. The van der Waals surface area contributed by atoms with E-state index in [1.165, 1.54) is 12.1 Å². The van der Waals surface area contributed by atoms with Gasteiger partial charge in [0.05, 0.1) is 11.1 Å². The number of fused-ring (bicyclic) bond motifs is 1. The van der Waals surface area contributed by atoms with Crippen LogP contribution in [0.15, 0.2) is 36.9 Å². The minimum atomic E-state index is -1.19. The molecule has 2 rings (SSSR count). The van der Waals surface area contributed by atoms with Crippen LogP contribution in [0.4, 0.5) is 0 Å². The van der Waals surface area contributed by atoms with Crippen molar-refractivity contribution in [1.29, 1.82) is 0 Å². The molecule has 20 heavy (non-hydrogen) atoms. The first-order chi connectivity index (χ1) is 9.49. The molecule has 0 aromatic heterocycles. The van der Waals surface area contributed by atoms with E-state index in [4.69, 9.17) is 0 Å². The summed E-state index contributed by atoms with van der Waals surface area (Å²) < 4.78 is 0. The maximum atomic E-state index is 12.3. The molecule has 0 bridgehead atoms. The highest BCUT2D eigenvalue weighted by atomic mass is 16.4. The molecule has 104 valence electrons. The Kier molecular flexibility index (Phi) is 3.70. The van der Waals surface area contributed by atoms with E-state index in [0.29, 0.717) is 6.42 Å². The van der Waals surface area contributed by atoms with Crippen LogP contribution in [0.1, 0.15) is 34.1 Å². The highest BCUT2D eigenvalue weighted by Gasteiger charge is 2.44. The first kappa shape index (κ1) is 14.0. The van der Waals surface area contributed by atoms with Gasteiger partial charge in [0.15, 0.2) is 0 Å². The second kappa shape index (κ2) is 5.28. The zero-order valence-electron chi connectivity index (χ0n) is 11.1. The summed E-state index contributed by atoms with van der Waals surface area (Å²) in [6, 6.07) is 5.19. The fourth-order valence-electron chi connectivity index (χ4n) is 2.46. The molecule has 0 saturated carbocycles. The van der Waals surface area contributed by atoms with E-state index in [2.05, 4.69) is 6.58 Å². The molecule has 0 saturated heterocycles. The number of carbonyl (C=O) groups excluding carboxylic acids is 2. The van der Waals surface area contributed by atoms with E-state index < -0.39 is 29.7 Å². The number of benzene rings is 1. The maximum absolute atomic E-state index is 12.3. The quantitative estimate of drug-likeness (QED) is 0.657. The maximum Gasteiger partial charge on any atom is 0.327 e. The third-order valence-electron chi connectivity index (χ3n) is 3.43. The van der Waals surface area contributed by atoms with Gasteiger partial charge in [-0.05, 0) is 24.5 Å². The van der Waals surface area contributed by atoms with Gasteiger partial charge in [-0.1, -0.05) is 25.1 Å². The highest BCUT2D eigenvalue weighted by Crippen LogP contribution is 2.28. The number of carbonyl (C=O) groups is 3. The number of allylic oxidation sites excluding steroid dienone is 1. The summed E-state index contributed by atoms with van der Waals surface area (Å²) in [5.74, 6) is -2.68. The largest absolute Gasteiger partial charge is 0.480 e. The summed E-state index contributed by atoms with van der Waals surface area (Å²) in [5.41, 5.74) is 0.518. The second-order valence-electron chi connectivity index (χ2n) is 4.81. The van der Waals surface area contributed by atoms with Gasteiger partial charge in [-0.15, -0.1) is 6.58 Å². The lowest BCUT2D eigenvalue weighted by Crippen LogP contribution is -2.48. The lowest BCUT2D eigenvalue weighted by Gasteiger charge is -2.27. The molecule has 0 fully saturated rings. The van der Waals surface area contributed by atoms with Gasteiger partial charge in [-0.2, -0.15) is 0 Å². The molecule has 1 N–H and O–H groups in total. The van der Waals surface area contributed by atoms with Crippen LogP contribution in [0.5, 0.6) is 0 Å². The average Bonchev–Trinajstić information content (AvgIpc) is 2.65. The molecular formula is C15H15NO4. The Labute approximate surface area is 116 Å². The van der Waals surface area contributed by atoms with Crippen LogP contribution >= 0.6 is 0 Å². The number of imide groups is 1. The molecule has 2 amide bonds. The van der Waals surface area contributed by atoms with Crippen molar-refractivity contribution in [2.75, 3.05) is 0 Å². The van der Waals surface area contributed by atoms with Gasteiger partial charge in [0.25, 0.3) is 11.8 Å². The van der Waals surface area contributed by atoms with Crippen molar-refractivity contribution >= 4 is 17.8 Å². The van der Waals surface area contributed by atoms with E-state index in [1.54, 1.807) is 25.1 Å². The normalized spacial score (nSPS) is 16.8. The Hall–Kier alpha value is -2.43. The Morgan fingerprint density at radius 1 is 1.30 bits per heavy atom. The van der Waals surface area contributed by atoms with Gasteiger partial charge >= 0.3 is 5.97 Å². The molecule has 1 aliphatic heterocycles. The Bertz CT molecular complexity index is 558. The number of aliphatic carboxylic acids is 1. The summed E-state index contributed by atoms with van der Waals surface area (Å²) >= 11 is 0. The van der Waals surface area contributed by atoms with Gasteiger partial charge in [0.2, 0.25) is 0 Å². The van der Waals surface area contributed by atoms with Crippen molar-refractivity contribution in [3.05, 3.63) is 48.0 Å². The van der Waals surface area contributed by atoms with E-state index in [1.807, 2.05) is 0 Å². The van der Waals surface area contributed by atoms with Crippen molar-refractivity contribution < 1.29 is 19.5 Å². The summed E-state index contributed by atoms with van der Waals surface area (Å²) in [4.78, 5) is 36.9. The molecule has 2 atom stereocenters. The summed E-state index contributed by atoms with van der Waals surface area (Å²) in [6.07, 6.45) is 1.99. The molecule has 0 radical (unpaired) electrons. The van der Waals surface area contributed by atoms with Crippen LogP contribution in [0, 0.1) is 5.92 Å². The van der Waals surface area contributed by atoms with Crippen molar-refractivity contribution in [3.8, 4) is 0 Å². The number of carboxylic acid groups (broad SMARTS) is 1. The molecule has 1 heterocycles. The fourth-order valence-corrected chi connectivity index (χ4v) is 2.46. The van der Waals surface area contributed by atoms with E-state index in [-0.39, 0.29) is 11.1 Å². The summed E-state index contributed by atoms with van der Waals surface area (Å²) in [5, 5.41) is 9.36. The Morgan fingerprint density at radius 2 is 1.80 bits per heavy atom. The number of amides is 2. The summed E-state index contributed by atoms with van der Waals surface area (Å²) in [7, 11) is 0. The zero-order valence-corrected chi connectivity index (χ0v) is 11.1. The molecule has 1 aromatic rings. The first-order valence-electron chi connectivity index (χ1n) is 6.29. The van der Waals surface area contributed by atoms with Gasteiger partial charge in [0.1, 0.15) is 6.04 Å². The SMILES string of the molecule is C=CC[C@@H](C)[C@H](C(=O)O)N1C(=O)c2ccccc2C1=O. The van der Waals surface area contributed by atoms with Crippen LogP contribution < -0.4 is 0 Å². The molecule has 0 aliphatic carbocycles. The monoisotopic (exact) mass is 273 g/mol. The van der Waals surface area contributed by atoms with E-state index in [0.717, 1.165) is 4.90 Å². The van der Waals surface area contributed by atoms with Crippen molar-refractivity contribution in [2.45, 2.75) is 19.4 Å². The fraction of sp³-hybridized carbons (Fsp3) is 0.267. The number of hydrogen-bond acceptors (Lipinski definition) is 3. The predicted molar refractivity (Wildman–Crippen MR) is 72.3 cm³/mol. The lowest BCUT2D eigenvalue weighted by atomic mass is 9.97. The zero-order chi connectivity index (χ0) is 14.9. The standard InChI is InChI=1S/C15H15NO4/c1-3-6-9(2)12(15(19)20)16-13(17)10-7-4-5-8-11(10)14(16)18/h3-5,7-9,12H,1,6H2,2H3,(H,19,20)/t9-,12-/m1/s1. The van der Waals surface area contributed by atoms with Crippen LogP contribution in [0.25, 0.3) is 0 Å². The van der Waals surface area contributed by atoms with Gasteiger partial charge in [-0.3, -0.25) is 14.5 Å². The molecule has 5 nitrogen and oxygen atoms in total. The molecule has 1 aliphatic rings. The average molecular weight is 273 g/mol. The second-order valence-corrected chi connectivity index (χ2v) is 4.81. The van der Waals surface area contributed by atoms with Crippen LogP contribution in [-0.4, -0.2) is 33.8 Å². The molecule has 0 spiro atoms. The van der Waals surface area contributed by atoms with E-state index in [9.17, 15) is 19.5 Å². The topological polar surface area (TPSA) is 74.7 Å². The smallest absolute Gasteiger partial charge is 0.327 e. The number of hydrogen-bond donors (Lipinski definition) is 1. The third kappa shape index (κ3) is 2.11. The van der Waals surface area contributed by atoms with Gasteiger partial charge in [0, 0.05) is 0 Å². The minimum absolute atomic E-state index is 0.259. The van der Waals surface area contributed by atoms with Crippen molar-refractivity contribution in [3.63, 3.8) is 0 Å². The van der Waals surface area contributed by atoms with Crippen molar-refractivity contribution in [1.82, 2.24) is 4.90 Å². The van der Waals surface area contributed by atoms with Gasteiger partial charge < -0.3 is 5.11 Å². The highest BCUT2D eigenvalue weighted by molar-refractivity contribution is 6.22. The van der Waals surface area contributed by atoms with E-state index >= 15 is 0 Å². The van der Waals surface area contributed by atoms with Gasteiger partial charge in [-0.25, -0.2) is 4.79 Å². The molecular weight excluding hydrogens is 258 g/mol. The van der Waals surface area contributed by atoms with Crippen LogP contribution in [0.2, 0.25) is 0 Å². The number of carboxylic acids is 1. The lowest BCUT2D eigenvalue weighted by molar-refractivity contribution is -0.143. The molecule has 0 unspecified atom stereocenters.